The Bertz CT molecular complexity index is 562. The normalized spacial score (nSPS) is 14.4. The zero-order valence-electron chi connectivity index (χ0n) is 15.5. The first-order valence-electron chi connectivity index (χ1n) is 9.12. The average molecular weight is 347 g/mol. The first kappa shape index (κ1) is 19.1. The number of hydrogen-bond donors (Lipinski definition) is 0. The number of nitrogens with zero attached hydrogens (tertiary/aromatic N) is 3. The molecule has 6 heteroatoms. The van der Waals surface area contributed by atoms with Crippen LogP contribution in [0.3, 0.4) is 0 Å². The minimum absolute atomic E-state index is 0.0728. The molecule has 138 valence electrons. The molecule has 0 radical (unpaired) electrons. The summed E-state index contributed by atoms with van der Waals surface area (Å²) in [7, 11) is 0. The van der Waals surface area contributed by atoms with E-state index in [9.17, 15) is 9.59 Å². The van der Waals surface area contributed by atoms with Gasteiger partial charge in [0.25, 0.3) is 0 Å². The molecule has 3 amide bonds. The molecule has 1 fully saturated rings. The first-order valence-corrected chi connectivity index (χ1v) is 9.12. The molecule has 0 unspecified atom stereocenters. The predicted octanol–water partition coefficient (Wildman–Crippen LogP) is 2.23. The van der Waals surface area contributed by atoms with Crippen LogP contribution in [0.1, 0.15) is 26.3 Å². The van der Waals surface area contributed by atoms with Gasteiger partial charge in [-0.05, 0) is 38.5 Å². The van der Waals surface area contributed by atoms with Crippen LogP contribution in [0.2, 0.25) is 0 Å². The molecule has 6 nitrogen and oxygen atoms in total. The third-order valence-electron chi connectivity index (χ3n) is 4.53. The van der Waals surface area contributed by atoms with Gasteiger partial charge in [0, 0.05) is 39.3 Å². The van der Waals surface area contributed by atoms with Gasteiger partial charge < -0.3 is 19.4 Å². The lowest BCUT2D eigenvalue weighted by molar-refractivity contribution is -0.131. The molecule has 25 heavy (non-hydrogen) atoms. The van der Waals surface area contributed by atoms with Crippen LogP contribution in [0.5, 0.6) is 5.75 Å². The Morgan fingerprint density at radius 2 is 1.52 bits per heavy atom. The van der Waals surface area contributed by atoms with E-state index in [0.717, 1.165) is 11.3 Å². The Hall–Kier alpha value is -2.24. The van der Waals surface area contributed by atoms with Crippen LogP contribution in [0.25, 0.3) is 0 Å². The Morgan fingerprint density at radius 1 is 0.960 bits per heavy atom. The van der Waals surface area contributed by atoms with E-state index in [2.05, 4.69) is 0 Å². The summed E-state index contributed by atoms with van der Waals surface area (Å²) in [5.41, 5.74) is 0.982. The van der Waals surface area contributed by atoms with Crippen molar-refractivity contribution in [2.45, 2.75) is 27.2 Å². The largest absolute Gasteiger partial charge is 0.494 e. The van der Waals surface area contributed by atoms with Gasteiger partial charge in [-0.3, -0.25) is 4.79 Å². The Kier molecular flexibility index (Phi) is 7.10. The molecule has 0 atom stereocenters. The monoisotopic (exact) mass is 347 g/mol. The lowest BCUT2D eigenvalue weighted by Gasteiger charge is -2.37. The van der Waals surface area contributed by atoms with E-state index in [1.807, 2.05) is 59.7 Å². The van der Waals surface area contributed by atoms with Gasteiger partial charge in [0.15, 0.2) is 0 Å². The molecule has 0 N–H and O–H groups in total. The summed E-state index contributed by atoms with van der Waals surface area (Å²) in [4.78, 5) is 30.3. The Balaban J connectivity index is 1.83. The van der Waals surface area contributed by atoms with Crippen LogP contribution in [0.15, 0.2) is 24.3 Å². The van der Waals surface area contributed by atoms with E-state index in [1.54, 1.807) is 0 Å². The van der Waals surface area contributed by atoms with E-state index >= 15 is 0 Å². The van der Waals surface area contributed by atoms with Gasteiger partial charge in [0.2, 0.25) is 5.91 Å². The standard InChI is InChI=1S/C19H29N3O3/c1-4-20(5-2)19(24)22-13-11-21(12-14-22)18(23)15-16-7-9-17(10-8-16)25-6-3/h7-10H,4-6,11-15H2,1-3H3. The highest BCUT2D eigenvalue weighted by Crippen LogP contribution is 2.14. The molecule has 1 saturated heterocycles. The topological polar surface area (TPSA) is 53.1 Å². The lowest BCUT2D eigenvalue weighted by atomic mass is 10.1. The van der Waals surface area contributed by atoms with Crippen molar-refractivity contribution in [3.8, 4) is 5.75 Å². The predicted molar refractivity (Wildman–Crippen MR) is 97.8 cm³/mol. The minimum atomic E-state index is 0.0728. The molecule has 1 aromatic carbocycles. The maximum Gasteiger partial charge on any atom is 0.320 e. The van der Waals surface area contributed by atoms with Crippen molar-refractivity contribution in [3.05, 3.63) is 29.8 Å². The third kappa shape index (κ3) is 5.11. The third-order valence-corrected chi connectivity index (χ3v) is 4.53. The van der Waals surface area contributed by atoms with E-state index in [1.165, 1.54) is 0 Å². The van der Waals surface area contributed by atoms with Gasteiger partial charge >= 0.3 is 6.03 Å². The summed E-state index contributed by atoms with van der Waals surface area (Å²) in [5.74, 6) is 0.932. The zero-order chi connectivity index (χ0) is 18.2. The molecule has 1 aromatic rings. The fourth-order valence-electron chi connectivity index (χ4n) is 3.00. The quantitative estimate of drug-likeness (QED) is 0.793. The van der Waals surface area contributed by atoms with Crippen molar-refractivity contribution in [2.24, 2.45) is 0 Å². The number of piperazine rings is 1. The SMILES string of the molecule is CCOc1ccc(CC(=O)N2CCN(C(=O)N(CC)CC)CC2)cc1. The molecular weight excluding hydrogens is 318 g/mol. The second-order valence-corrected chi connectivity index (χ2v) is 6.08. The zero-order valence-corrected chi connectivity index (χ0v) is 15.5. The molecular formula is C19H29N3O3. The molecule has 0 bridgehead atoms. The fraction of sp³-hybridized carbons (Fsp3) is 0.579. The molecule has 1 heterocycles. The van der Waals surface area contributed by atoms with Gasteiger partial charge in [-0.2, -0.15) is 0 Å². The van der Waals surface area contributed by atoms with Crippen LogP contribution in [0.4, 0.5) is 4.79 Å². The number of benzene rings is 1. The smallest absolute Gasteiger partial charge is 0.320 e. The Labute approximate surface area is 150 Å². The second kappa shape index (κ2) is 9.30. The van der Waals surface area contributed by atoms with Gasteiger partial charge in [-0.25, -0.2) is 4.79 Å². The maximum atomic E-state index is 12.5. The molecule has 1 aliphatic rings. The number of hydrogen-bond acceptors (Lipinski definition) is 3. The van der Waals surface area contributed by atoms with Crippen molar-refractivity contribution in [2.75, 3.05) is 45.9 Å². The van der Waals surface area contributed by atoms with E-state index in [-0.39, 0.29) is 11.9 Å². The Morgan fingerprint density at radius 3 is 2.04 bits per heavy atom. The van der Waals surface area contributed by atoms with Crippen LogP contribution in [0, 0.1) is 0 Å². The number of rotatable bonds is 6. The van der Waals surface area contributed by atoms with E-state index < -0.39 is 0 Å². The van der Waals surface area contributed by atoms with Gasteiger partial charge in [-0.15, -0.1) is 0 Å². The molecule has 0 saturated carbocycles. The van der Waals surface area contributed by atoms with Crippen molar-refractivity contribution in [3.63, 3.8) is 0 Å². The summed E-state index contributed by atoms with van der Waals surface area (Å²) in [6.07, 6.45) is 0.385. The second-order valence-electron chi connectivity index (χ2n) is 6.08. The maximum absolute atomic E-state index is 12.5. The summed E-state index contributed by atoms with van der Waals surface area (Å²) >= 11 is 0. The molecule has 1 aliphatic heterocycles. The van der Waals surface area contributed by atoms with Gasteiger partial charge in [-0.1, -0.05) is 12.1 Å². The molecule has 0 aromatic heterocycles. The number of urea groups is 1. The molecule has 2 rings (SSSR count). The fourth-order valence-corrected chi connectivity index (χ4v) is 3.00. The minimum Gasteiger partial charge on any atom is -0.494 e. The lowest BCUT2D eigenvalue weighted by Crippen LogP contribution is -2.54. The van der Waals surface area contributed by atoms with Crippen LogP contribution in [-0.4, -0.2) is 72.5 Å². The van der Waals surface area contributed by atoms with E-state index in [4.69, 9.17) is 4.74 Å². The molecule has 0 aliphatic carbocycles. The van der Waals surface area contributed by atoms with Crippen molar-refractivity contribution in [1.29, 1.82) is 0 Å². The van der Waals surface area contributed by atoms with Crippen LogP contribution < -0.4 is 4.74 Å². The average Bonchev–Trinajstić information content (AvgIpc) is 2.64. The summed E-state index contributed by atoms with van der Waals surface area (Å²) in [6.45, 7) is 10.4. The van der Waals surface area contributed by atoms with Crippen molar-refractivity contribution >= 4 is 11.9 Å². The van der Waals surface area contributed by atoms with Crippen LogP contribution in [-0.2, 0) is 11.2 Å². The first-order chi connectivity index (χ1) is 12.1. The van der Waals surface area contributed by atoms with Crippen molar-refractivity contribution in [1.82, 2.24) is 14.7 Å². The summed E-state index contributed by atoms with van der Waals surface area (Å²) in [6, 6.07) is 7.73. The summed E-state index contributed by atoms with van der Waals surface area (Å²) in [5, 5.41) is 0. The van der Waals surface area contributed by atoms with Crippen LogP contribution >= 0.6 is 0 Å². The van der Waals surface area contributed by atoms with Gasteiger partial charge in [0.05, 0.1) is 13.0 Å². The van der Waals surface area contributed by atoms with Gasteiger partial charge in [0.1, 0.15) is 5.75 Å². The highest BCUT2D eigenvalue weighted by atomic mass is 16.5. The van der Waals surface area contributed by atoms with Crippen molar-refractivity contribution < 1.29 is 14.3 Å². The number of ether oxygens (including phenoxy) is 1. The summed E-state index contributed by atoms with van der Waals surface area (Å²) < 4.78 is 5.42. The number of amides is 3. The molecule has 0 spiro atoms. The highest BCUT2D eigenvalue weighted by molar-refractivity contribution is 5.79. The highest BCUT2D eigenvalue weighted by Gasteiger charge is 2.26. The number of carbonyl (C=O) groups is 2. The van der Waals surface area contributed by atoms with E-state index in [0.29, 0.717) is 52.3 Å². The number of carbonyl (C=O) groups excluding carboxylic acids is 2.